The standard InChI is InChI=1S/C28H40N2O5/c1-22(2)30(32-3)20-23(21-34-26-16-11-14-24-13-7-8-15-25(24)26)12-5-4-6-17-27(31)29-35-28-18-9-10-19-33-28/h7-8,11-16,22,28H,4-6,9-10,17-21H2,1-3H3,(H,29,31). The van der Waals surface area contributed by atoms with Crippen LogP contribution in [0.3, 0.4) is 0 Å². The normalized spacial score (nSPS) is 16.7. The first kappa shape index (κ1) is 27.1. The van der Waals surface area contributed by atoms with Crippen molar-refractivity contribution in [3.63, 3.8) is 0 Å². The van der Waals surface area contributed by atoms with Crippen molar-refractivity contribution in [2.45, 2.75) is 71.1 Å². The first-order valence-corrected chi connectivity index (χ1v) is 12.7. The van der Waals surface area contributed by atoms with Crippen LogP contribution in [0, 0.1) is 0 Å². The molecule has 2 aromatic rings. The van der Waals surface area contributed by atoms with E-state index in [2.05, 4.69) is 43.6 Å². The van der Waals surface area contributed by atoms with Crippen molar-refractivity contribution in [2.75, 3.05) is 26.9 Å². The van der Waals surface area contributed by atoms with Gasteiger partial charge in [-0.2, -0.15) is 5.06 Å². The lowest BCUT2D eigenvalue weighted by Gasteiger charge is -2.25. The fraction of sp³-hybridized carbons (Fsp3) is 0.536. The third-order valence-corrected chi connectivity index (χ3v) is 6.07. The summed E-state index contributed by atoms with van der Waals surface area (Å²) in [5.41, 5.74) is 3.68. The predicted octanol–water partition coefficient (Wildman–Crippen LogP) is 5.55. The summed E-state index contributed by atoms with van der Waals surface area (Å²) in [7, 11) is 1.70. The van der Waals surface area contributed by atoms with Crippen LogP contribution in [0.2, 0.25) is 0 Å². The summed E-state index contributed by atoms with van der Waals surface area (Å²) in [4.78, 5) is 23.0. The Morgan fingerprint density at radius 1 is 1.17 bits per heavy atom. The van der Waals surface area contributed by atoms with Gasteiger partial charge in [-0.25, -0.2) is 10.3 Å². The molecule has 0 bridgehead atoms. The number of nitrogens with zero attached hydrogens (tertiary/aromatic N) is 1. The molecule has 192 valence electrons. The van der Waals surface area contributed by atoms with E-state index in [1.807, 2.05) is 29.3 Å². The number of allylic oxidation sites excluding steroid dienone is 1. The van der Waals surface area contributed by atoms with Crippen molar-refractivity contribution in [2.24, 2.45) is 0 Å². The summed E-state index contributed by atoms with van der Waals surface area (Å²) in [5, 5.41) is 4.21. The van der Waals surface area contributed by atoms with Crippen molar-refractivity contribution in [3.05, 3.63) is 54.1 Å². The van der Waals surface area contributed by atoms with E-state index >= 15 is 0 Å². The second kappa shape index (κ2) is 14.8. The minimum Gasteiger partial charge on any atom is -0.489 e. The summed E-state index contributed by atoms with van der Waals surface area (Å²) in [6, 6.07) is 14.6. The first-order valence-electron chi connectivity index (χ1n) is 12.7. The van der Waals surface area contributed by atoms with Crippen LogP contribution in [-0.2, 0) is 19.2 Å². The molecule has 7 nitrogen and oxygen atoms in total. The lowest BCUT2D eigenvalue weighted by atomic mass is 10.1. The van der Waals surface area contributed by atoms with Crippen LogP contribution >= 0.6 is 0 Å². The maximum absolute atomic E-state index is 12.1. The maximum atomic E-state index is 12.1. The Hall–Kier alpha value is -2.45. The van der Waals surface area contributed by atoms with Crippen LogP contribution in [0.15, 0.2) is 54.1 Å². The molecule has 1 amide bonds. The highest BCUT2D eigenvalue weighted by Crippen LogP contribution is 2.25. The SMILES string of the molecule is CON(CC(=CCCCCC(=O)NOC1CCCCO1)COc1cccc2ccccc12)C(C)C. The van der Waals surface area contributed by atoms with Crippen LogP contribution in [-0.4, -0.2) is 50.2 Å². The highest BCUT2D eigenvalue weighted by molar-refractivity contribution is 5.88. The Balaban J connectivity index is 1.49. The number of nitrogens with one attached hydrogen (secondary N) is 1. The van der Waals surface area contributed by atoms with E-state index in [1.54, 1.807) is 7.11 Å². The molecule has 7 heteroatoms. The Bertz CT molecular complexity index is 935. The van der Waals surface area contributed by atoms with Crippen LogP contribution in [0.25, 0.3) is 10.8 Å². The number of fused-ring (bicyclic) bond motifs is 1. The first-order chi connectivity index (χ1) is 17.1. The fourth-order valence-corrected chi connectivity index (χ4v) is 4.04. The van der Waals surface area contributed by atoms with Crippen molar-refractivity contribution in [3.8, 4) is 5.75 Å². The average molecular weight is 485 g/mol. The lowest BCUT2D eigenvalue weighted by molar-refractivity contribution is -0.200. The van der Waals surface area contributed by atoms with Gasteiger partial charge in [0.1, 0.15) is 12.4 Å². The third-order valence-electron chi connectivity index (χ3n) is 6.07. The van der Waals surface area contributed by atoms with E-state index in [1.165, 1.54) is 0 Å². The number of hydrogen-bond donors (Lipinski definition) is 1. The topological polar surface area (TPSA) is 69.3 Å². The van der Waals surface area contributed by atoms with Gasteiger partial charge in [0.15, 0.2) is 6.29 Å². The summed E-state index contributed by atoms with van der Waals surface area (Å²) >= 11 is 0. The summed E-state index contributed by atoms with van der Waals surface area (Å²) in [6.45, 7) is 6.04. The number of hydrogen-bond acceptors (Lipinski definition) is 6. The van der Waals surface area contributed by atoms with E-state index in [9.17, 15) is 4.79 Å². The number of amides is 1. The number of rotatable bonds is 14. The Labute approximate surface area is 209 Å². The largest absolute Gasteiger partial charge is 0.489 e. The smallest absolute Gasteiger partial charge is 0.243 e. The van der Waals surface area contributed by atoms with Crippen LogP contribution < -0.4 is 10.2 Å². The van der Waals surface area contributed by atoms with Gasteiger partial charge < -0.3 is 14.3 Å². The van der Waals surface area contributed by atoms with Gasteiger partial charge in [0.05, 0.1) is 7.11 Å². The summed E-state index contributed by atoms with van der Waals surface area (Å²) in [6.07, 6.45) is 7.82. The number of carbonyl (C=O) groups is 1. The molecule has 3 rings (SSSR count). The van der Waals surface area contributed by atoms with Crippen molar-refractivity contribution < 1.29 is 23.9 Å². The maximum Gasteiger partial charge on any atom is 0.243 e. The summed E-state index contributed by atoms with van der Waals surface area (Å²) < 4.78 is 11.7. The quantitative estimate of drug-likeness (QED) is 0.215. The molecule has 0 spiro atoms. The monoisotopic (exact) mass is 484 g/mol. The predicted molar refractivity (Wildman–Crippen MR) is 138 cm³/mol. The molecule has 35 heavy (non-hydrogen) atoms. The molecule has 1 aliphatic heterocycles. The second-order valence-corrected chi connectivity index (χ2v) is 9.16. The molecule has 0 radical (unpaired) electrons. The molecule has 1 atom stereocenters. The van der Waals surface area contributed by atoms with E-state index < -0.39 is 0 Å². The number of benzene rings is 2. The van der Waals surface area contributed by atoms with Gasteiger partial charge in [0, 0.05) is 37.4 Å². The van der Waals surface area contributed by atoms with E-state index in [4.69, 9.17) is 19.1 Å². The molecule has 1 heterocycles. The van der Waals surface area contributed by atoms with Gasteiger partial charge in [-0.15, -0.1) is 0 Å². The number of carbonyl (C=O) groups excluding carboxylic acids is 1. The number of unbranched alkanes of at least 4 members (excludes halogenated alkanes) is 2. The van der Waals surface area contributed by atoms with E-state index in [-0.39, 0.29) is 18.2 Å². The number of ether oxygens (including phenoxy) is 2. The average Bonchev–Trinajstić information content (AvgIpc) is 2.88. The highest BCUT2D eigenvalue weighted by Gasteiger charge is 2.16. The van der Waals surface area contributed by atoms with E-state index in [0.29, 0.717) is 26.2 Å². The van der Waals surface area contributed by atoms with Gasteiger partial charge in [-0.3, -0.25) is 4.79 Å². The zero-order chi connectivity index (χ0) is 24.9. The van der Waals surface area contributed by atoms with Gasteiger partial charge in [-0.05, 0) is 63.0 Å². The molecule has 1 saturated heterocycles. The minimum absolute atomic E-state index is 0.104. The highest BCUT2D eigenvalue weighted by atomic mass is 16.8. The van der Waals surface area contributed by atoms with Crippen molar-refractivity contribution >= 4 is 16.7 Å². The van der Waals surface area contributed by atoms with Crippen LogP contribution in [0.5, 0.6) is 5.75 Å². The van der Waals surface area contributed by atoms with Crippen LogP contribution in [0.1, 0.15) is 58.8 Å². The minimum atomic E-state index is -0.315. The zero-order valence-electron chi connectivity index (χ0n) is 21.3. The second-order valence-electron chi connectivity index (χ2n) is 9.16. The zero-order valence-corrected chi connectivity index (χ0v) is 21.3. The molecule has 1 N–H and O–H groups in total. The molecular formula is C28H40N2O5. The van der Waals surface area contributed by atoms with Gasteiger partial charge >= 0.3 is 0 Å². The Morgan fingerprint density at radius 3 is 2.77 bits per heavy atom. The van der Waals surface area contributed by atoms with E-state index in [0.717, 1.165) is 60.6 Å². The molecule has 1 fully saturated rings. The molecule has 1 unspecified atom stereocenters. The Kier molecular flexibility index (Phi) is 11.5. The fourth-order valence-electron chi connectivity index (χ4n) is 4.04. The van der Waals surface area contributed by atoms with Crippen molar-refractivity contribution in [1.29, 1.82) is 0 Å². The molecule has 2 aromatic carbocycles. The van der Waals surface area contributed by atoms with Crippen LogP contribution in [0.4, 0.5) is 0 Å². The molecular weight excluding hydrogens is 444 g/mol. The summed E-state index contributed by atoms with van der Waals surface area (Å²) in [5.74, 6) is 0.772. The Morgan fingerprint density at radius 2 is 2.00 bits per heavy atom. The third kappa shape index (κ3) is 9.26. The molecule has 0 saturated carbocycles. The van der Waals surface area contributed by atoms with Gasteiger partial charge in [0.2, 0.25) is 5.91 Å². The lowest BCUT2D eigenvalue weighted by Crippen LogP contribution is -2.33. The van der Waals surface area contributed by atoms with Gasteiger partial charge in [0.25, 0.3) is 0 Å². The molecule has 1 aliphatic rings. The number of hydroxylamine groups is 3. The van der Waals surface area contributed by atoms with Crippen molar-refractivity contribution in [1.82, 2.24) is 10.5 Å². The molecule has 0 aromatic heterocycles. The van der Waals surface area contributed by atoms with Gasteiger partial charge in [-0.1, -0.05) is 42.5 Å². The molecule has 0 aliphatic carbocycles.